The van der Waals surface area contributed by atoms with Gasteiger partial charge in [-0.2, -0.15) is 0 Å². The number of methoxy groups -OCH3 is 1. The van der Waals surface area contributed by atoms with Crippen molar-refractivity contribution in [1.82, 2.24) is 0 Å². The molecule has 0 saturated carbocycles. The Bertz CT molecular complexity index is 127. The van der Waals surface area contributed by atoms with Gasteiger partial charge in [-0.15, -0.1) is 0 Å². The third-order valence-electron chi connectivity index (χ3n) is 1.89. The molecule has 0 heterocycles. The Morgan fingerprint density at radius 2 is 1.64 bits per heavy atom. The molecule has 1 atom stereocenters. The number of aliphatic hydroxyl groups is 1. The van der Waals surface area contributed by atoms with Crippen molar-refractivity contribution >= 4 is 0 Å². The van der Waals surface area contributed by atoms with Gasteiger partial charge >= 0.3 is 0 Å². The van der Waals surface area contributed by atoms with Gasteiger partial charge in [-0.1, -0.05) is 0 Å². The monoisotopic (exact) mass is 161 g/mol. The largest absolute Gasteiger partial charge is 0.388 e. The first-order valence-corrected chi connectivity index (χ1v) is 3.74. The standard InChI is InChI=1S/C8H19NO2/c1-7(2,9)6(10)8(3,4)11-5/h6,10H,9H2,1-5H3. The molecule has 3 nitrogen and oxygen atoms in total. The first kappa shape index (κ1) is 10.9. The summed E-state index contributed by atoms with van der Waals surface area (Å²) < 4.78 is 5.10. The molecule has 0 aromatic rings. The Kier molecular flexibility index (Phi) is 3.06. The second-order valence-electron chi connectivity index (χ2n) is 4.03. The van der Waals surface area contributed by atoms with Gasteiger partial charge in [0.25, 0.3) is 0 Å². The van der Waals surface area contributed by atoms with Crippen LogP contribution in [0.25, 0.3) is 0 Å². The lowest BCUT2D eigenvalue weighted by Gasteiger charge is -2.37. The number of hydrogen-bond acceptors (Lipinski definition) is 3. The first-order valence-electron chi connectivity index (χ1n) is 3.74. The van der Waals surface area contributed by atoms with Crippen molar-refractivity contribution in [2.45, 2.75) is 44.9 Å². The highest BCUT2D eigenvalue weighted by Gasteiger charge is 2.36. The maximum absolute atomic E-state index is 9.66. The van der Waals surface area contributed by atoms with E-state index in [4.69, 9.17) is 10.5 Å². The average molecular weight is 161 g/mol. The Labute approximate surface area is 68.5 Å². The predicted molar refractivity (Wildman–Crippen MR) is 45.4 cm³/mol. The maximum Gasteiger partial charge on any atom is 0.0997 e. The summed E-state index contributed by atoms with van der Waals surface area (Å²) in [6.07, 6.45) is -0.667. The molecule has 0 rings (SSSR count). The molecule has 3 N–H and O–H groups in total. The van der Waals surface area contributed by atoms with Crippen LogP contribution in [-0.2, 0) is 4.74 Å². The molecule has 0 saturated heterocycles. The lowest BCUT2D eigenvalue weighted by Crippen LogP contribution is -2.56. The van der Waals surface area contributed by atoms with Crippen LogP contribution < -0.4 is 5.73 Å². The van der Waals surface area contributed by atoms with Crippen molar-refractivity contribution in [2.24, 2.45) is 5.73 Å². The fourth-order valence-electron chi connectivity index (χ4n) is 1.01. The van der Waals surface area contributed by atoms with E-state index in [-0.39, 0.29) is 0 Å². The zero-order chi connectivity index (χ0) is 9.28. The molecule has 11 heavy (non-hydrogen) atoms. The summed E-state index contributed by atoms with van der Waals surface area (Å²) >= 11 is 0. The molecule has 0 spiro atoms. The molecule has 0 amide bonds. The van der Waals surface area contributed by atoms with Crippen LogP contribution >= 0.6 is 0 Å². The van der Waals surface area contributed by atoms with Crippen LogP contribution in [0.3, 0.4) is 0 Å². The molecule has 68 valence electrons. The van der Waals surface area contributed by atoms with Crippen LogP contribution in [-0.4, -0.2) is 29.5 Å². The van der Waals surface area contributed by atoms with E-state index in [1.807, 2.05) is 13.8 Å². The molecular weight excluding hydrogens is 142 g/mol. The fraction of sp³-hybridized carbons (Fsp3) is 1.00. The molecule has 0 bridgehead atoms. The maximum atomic E-state index is 9.66. The molecule has 0 aliphatic rings. The fourth-order valence-corrected chi connectivity index (χ4v) is 1.01. The van der Waals surface area contributed by atoms with Crippen molar-refractivity contribution in [2.75, 3.05) is 7.11 Å². The second kappa shape index (κ2) is 3.09. The lowest BCUT2D eigenvalue weighted by atomic mass is 9.86. The minimum atomic E-state index is -0.667. The van der Waals surface area contributed by atoms with E-state index in [0.717, 1.165) is 0 Å². The summed E-state index contributed by atoms with van der Waals surface area (Å²) in [5, 5.41) is 9.66. The van der Waals surface area contributed by atoms with Gasteiger partial charge < -0.3 is 15.6 Å². The van der Waals surface area contributed by atoms with Gasteiger partial charge in [0.1, 0.15) is 0 Å². The lowest BCUT2D eigenvalue weighted by molar-refractivity contribution is -0.102. The number of ether oxygens (including phenoxy) is 1. The zero-order valence-electron chi connectivity index (χ0n) is 8.01. The average Bonchev–Trinajstić information content (AvgIpc) is 1.84. The van der Waals surface area contributed by atoms with Crippen molar-refractivity contribution in [3.8, 4) is 0 Å². The number of rotatable bonds is 3. The minimum Gasteiger partial charge on any atom is -0.388 e. The van der Waals surface area contributed by atoms with Gasteiger partial charge in [-0.25, -0.2) is 0 Å². The Balaban J connectivity index is 4.35. The van der Waals surface area contributed by atoms with Crippen molar-refractivity contribution in [1.29, 1.82) is 0 Å². The Morgan fingerprint density at radius 3 is 1.73 bits per heavy atom. The summed E-state index contributed by atoms with van der Waals surface area (Å²) in [6, 6.07) is 0. The number of aliphatic hydroxyl groups excluding tert-OH is 1. The third-order valence-corrected chi connectivity index (χ3v) is 1.89. The number of nitrogens with two attached hydrogens (primary N) is 1. The summed E-state index contributed by atoms with van der Waals surface area (Å²) in [5.41, 5.74) is 4.50. The highest BCUT2D eigenvalue weighted by atomic mass is 16.5. The SMILES string of the molecule is COC(C)(C)C(O)C(C)(C)N. The van der Waals surface area contributed by atoms with Gasteiger partial charge in [0, 0.05) is 12.6 Å². The molecule has 0 radical (unpaired) electrons. The van der Waals surface area contributed by atoms with Crippen molar-refractivity contribution in [3.63, 3.8) is 0 Å². The molecule has 3 heteroatoms. The predicted octanol–water partition coefficient (Wildman–Crippen LogP) is 0.510. The molecule has 0 aliphatic heterocycles. The molecule has 0 aromatic heterocycles. The topological polar surface area (TPSA) is 55.5 Å². The van der Waals surface area contributed by atoms with Gasteiger partial charge in [0.15, 0.2) is 0 Å². The van der Waals surface area contributed by atoms with Crippen molar-refractivity contribution in [3.05, 3.63) is 0 Å². The van der Waals surface area contributed by atoms with Crippen LogP contribution in [0.2, 0.25) is 0 Å². The van der Waals surface area contributed by atoms with E-state index in [2.05, 4.69) is 0 Å². The summed E-state index contributed by atoms with van der Waals surface area (Å²) in [7, 11) is 1.56. The molecule has 0 aliphatic carbocycles. The van der Waals surface area contributed by atoms with E-state index in [0.29, 0.717) is 0 Å². The Hall–Kier alpha value is -0.120. The van der Waals surface area contributed by atoms with Crippen LogP contribution in [0.1, 0.15) is 27.7 Å². The minimum absolute atomic E-state index is 0.585. The zero-order valence-corrected chi connectivity index (χ0v) is 8.01. The summed E-state index contributed by atoms with van der Waals surface area (Å²) in [4.78, 5) is 0. The molecular formula is C8H19NO2. The van der Waals surface area contributed by atoms with Gasteiger partial charge in [0.05, 0.1) is 11.7 Å². The third kappa shape index (κ3) is 2.77. The highest BCUT2D eigenvalue weighted by Crippen LogP contribution is 2.21. The van der Waals surface area contributed by atoms with E-state index >= 15 is 0 Å². The van der Waals surface area contributed by atoms with Crippen LogP contribution in [0.15, 0.2) is 0 Å². The van der Waals surface area contributed by atoms with Crippen LogP contribution in [0.5, 0.6) is 0 Å². The smallest absolute Gasteiger partial charge is 0.0997 e. The van der Waals surface area contributed by atoms with E-state index < -0.39 is 17.2 Å². The normalized spacial score (nSPS) is 16.6. The highest BCUT2D eigenvalue weighted by molar-refractivity contribution is 4.93. The Morgan fingerprint density at radius 1 is 1.27 bits per heavy atom. The quantitative estimate of drug-likeness (QED) is 0.634. The van der Waals surface area contributed by atoms with Gasteiger partial charge in [0.2, 0.25) is 0 Å². The molecule has 0 fully saturated rings. The summed E-state index contributed by atoms with van der Waals surface area (Å²) in [5.74, 6) is 0. The first-order chi connectivity index (χ1) is 4.72. The second-order valence-corrected chi connectivity index (χ2v) is 4.03. The summed E-state index contributed by atoms with van der Waals surface area (Å²) in [6.45, 7) is 7.18. The van der Waals surface area contributed by atoms with E-state index in [9.17, 15) is 5.11 Å². The number of hydrogen-bond donors (Lipinski definition) is 2. The van der Waals surface area contributed by atoms with E-state index in [1.54, 1.807) is 21.0 Å². The van der Waals surface area contributed by atoms with Crippen LogP contribution in [0, 0.1) is 0 Å². The van der Waals surface area contributed by atoms with Crippen LogP contribution in [0.4, 0.5) is 0 Å². The van der Waals surface area contributed by atoms with Gasteiger partial charge in [-0.3, -0.25) is 0 Å². The van der Waals surface area contributed by atoms with E-state index in [1.165, 1.54) is 0 Å². The van der Waals surface area contributed by atoms with Crippen molar-refractivity contribution < 1.29 is 9.84 Å². The van der Waals surface area contributed by atoms with Gasteiger partial charge in [-0.05, 0) is 27.7 Å². The molecule has 1 unspecified atom stereocenters. The molecule has 0 aromatic carbocycles.